The average Bonchev–Trinajstić information content (AvgIpc) is 3.43. The van der Waals surface area contributed by atoms with Crippen molar-refractivity contribution in [3.05, 3.63) is 83.7 Å². The molecule has 7 heteroatoms. The van der Waals surface area contributed by atoms with Crippen molar-refractivity contribution in [1.29, 1.82) is 0 Å². The minimum Gasteiger partial charge on any atom is -0.348 e. The normalized spacial score (nSPS) is 14.0. The van der Waals surface area contributed by atoms with Gasteiger partial charge in [0.1, 0.15) is 5.82 Å². The molecule has 0 unspecified atom stereocenters. The van der Waals surface area contributed by atoms with Crippen molar-refractivity contribution in [2.24, 2.45) is 0 Å². The maximum atomic E-state index is 12.5. The van der Waals surface area contributed by atoms with Crippen LogP contribution in [-0.2, 0) is 19.6 Å². The van der Waals surface area contributed by atoms with Crippen molar-refractivity contribution >= 4 is 5.91 Å². The molecule has 1 amide bonds. The number of carbonyl (C=O) groups excluding carboxylic acids is 1. The molecule has 4 rings (SSSR count). The zero-order chi connectivity index (χ0) is 19.2. The summed E-state index contributed by atoms with van der Waals surface area (Å²) >= 11 is 0. The van der Waals surface area contributed by atoms with Gasteiger partial charge in [-0.05, 0) is 36.2 Å². The minimum absolute atomic E-state index is 0.0324. The molecule has 3 aromatic rings. The summed E-state index contributed by atoms with van der Waals surface area (Å²) in [5.74, 6) is 0.952. The lowest BCUT2D eigenvalue weighted by Crippen LogP contribution is -2.36. The maximum absolute atomic E-state index is 12.5. The highest BCUT2D eigenvalue weighted by molar-refractivity contribution is 5.94. The van der Waals surface area contributed by atoms with E-state index in [9.17, 15) is 4.79 Å². The predicted octanol–water partition coefficient (Wildman–Crippen LogP) is 2.36. The van der Waals surface area contributed by atoms with Crippen molar-refractivity contribution < 1.29 is 4.79 Å². The number of hydrogen-bond acceptors (Lipinski definition) is 5. The van der Waals surface area contributed by atoms with Crippen LogP contribution in [0.15, 0.2) is 61.1 Å². The molecule has 0 aliphatic carbocycles. The zero-order valence-electron chi connectivity index (χ0n) is 15.7. The molecule has 1 aliphatic heterocycles. The Labute approximate surface area is 164 Å². The molecule has 0 saturated carbocycles. The SMILES string of the molecule is O=C(c1ccc(CN(Cc2ccccn2)Cc2ncc[nH]2)cc1)N1CCCN1. The number of pyridine rings is 1. The number of hydrogen-bond donors (Lipinski definition) is 2. The number of aromatic amines is 1. The first kappa shape index (κ1) is 18.3. The molecule has 1 aromatic carbocycles. The highest BCUT2D eigenvalue weighted by atomic mass is 16.2. The minimum atomic E-state index is 0.0324. The van der Waals surface area contributed by atoms with E-state index in [1.54, 1.807) is 11.2 Å². The second-order valence-electron chi connectivity index (χ2n) is 6.92. The van der Waals surface area contributed by atoms with E-state index in [-0.39, 0.29) is 5.91 Å². The summed E-state index contributed by atoms with van der Waals surface area (Å²) in [5.41, 5.74) is 5.98. The molecule has 1 saturated heterocycles. The van der Waals surface area contributed by atoms with Gasteiger partial charge in [-0.1, -0.05) is 18.2 Å². The molecule has 2 N–H and O–H groups in total. The van der Waals surface area contributed by atoms with Gasteiger partial charge in [0.15, 0.2) is 0 Å². The van der Waals surface area contributed by atoms with E-state index in [0.29, 0.717) is 12.1 Å². The van der Waals surface area contributed by atoms with Crippen LogP contribution in [0, 0.1) is 0 Å². The molecule has 0 atom stereocenters. The van der Waals surface area contributed by atoms with Crippen LogP contribution in [0.25, 0.3) is 0 Å². The number of carbonyl (C=O) groups is 1. The van der Waals surface area contributed by atoms with Gasteiger partial charge in [0.25, 0.3) is 5.91 Å². The lowest BCUT2D eigenvalue weighted by atomic mass is 10.1. The summed E-state index contributed by atoms with van der Waals surface area (Å²) in [6, 6.07) is 13.8. The predicted molar refractivity (Wildman–Crippen MR) is 106 cm³/mol. The quantitative estimate of drug-likeness (QED) is 0.662. The van der Waals surface area contributed by atoms with Crippen LogP contribution in [0.3, 0.4) is 0 Å². The molecule has 7 nitrogen and oxygen atoms in total. The molecule has 0 radical (unpaired) electrons. The highest BCUT2D eigenvalue weighted by Crippen LogP contribution is 2.14. The Morgan fingerprint density at radius 2 is 1.93 bits per heavy atom. The summed E-state index contributed by atoms with van der Waals surface area (Å²) in [6.07, 6.45) is 6.41. The highest BCUT2D eigenvalue weighted by Gasteiger charge is 2.19. The lowest BCUT2D eigenvalue weighted by molar-refractivity contribution is 0.0726. The topological polar surface area (TPSA) is 77.2 Å². The smallest absolute Gasteiger partial charge is 0.267 e. The van der Waals surface area contributed by atoms with Crippen LogP contribution in [0.5, 0.6) is 0 Å². The molecule has 2 aromatic heterocycles. The Bertz CT molecular complexity index is 873. The van der Waals surface area contributed by atoms with Gasteiger partial charge in [0.05, 0.1) is 12.2 Å². The van der Waals surface area contributed by atoms with Crippen molar-refractivity contribution in [3.63, 3.8) is 0 Å². The first-order valence-corrected chi connectivity index (χ1v) is 9.53. The second kappa shape index (κ2) is 8.77. The first-order valence-electron chi connectivity index (χ1n) is 9.53. The fourth-order valence-electron chi connectivity index (χ4n) is 3.36. The van der Waals surface area contributed by atoms with Crippen LogP contribution >= 0.6 is 0 Å². The number of hydrazine groups is 1. The van der Waals surface area contributed by atoms with E-state index in [4.69, 9.17) is 0 Å². The number of nitrogens with zero attached hydrogens (tertiary/aromatic N) is 4. The number of benzene rings is 1. The van der Waals surface area contributed by atoms with Gasteiger partial charge in [-0.2, -0.15) is 0 Å². The van der Waals surface area contributed by atoms with E-state index in [1.165, 1.54) is 0 Å². The number of nitrogens with one attached hydrogen (secondary N) is 2. The zero-order valence-corrected chi connectivity index (χ0v) is 15.7. The van der Waals surface area contributed by atoms with Crippen molar-refractivity contribution in [2.75, 3.05) is 13.1 Å². The van der Waals surface area contributed by atoms with Gasteiger partial charge in [-0.3, -0.25) is 19.7 Å². The summed E-state index contributed by atoms with van der Waals surface area (Å²) in [4.78, 5) is 26.7. The molecule has 0 spiro atoms. The average molecular weight is 376 g/mol. The van der Waals surface area contributed by atoms with Crippen LogP contribution in [0.4, 0.5) is 0 Å². The third-order valence-electron chi connectivity index (χ3n) is 4.75. The van der Waals surface area contributed by atoms with Crippen molar-refractivity contribution in [3.8, 4) is 0 Å². The monoisotopic (exact) mass is 376 g/mol. The van der Waals surface area contributed by atoms with Gasteiger partial charge in [0, 0.05) is 50.3 Å². The third kappa shape index (κ3) is 4.62. The fourth-order valence-corrected chi connectivity index (χ4v) is 3.36. The van der Waals surface area contributed by atoms with Crippen LogP contribution in [0.2, 0.25) is 0 Å². The molecule has 1 fully saturated rings. The number of H-pyrrole nitrogens is 1. The lowest BCUT2D eigenvalue weighted by Gasteiger charge is -2.21. The van der Waals surface area contributed by atoms with Crippen LogP contribution in [0.1, 0.15) is 33.9 Å². The molecule has 1 aliphatic rings. The standard InChI is InChI=1S/C21H24N6O/c28-21(27-13-3-10-25-27)18-7-5-17(6-8-18)14-26(16-20-23-11-12-24-20)15-19-4-1-2-9-22-19/h1-2,4-9,11-12,25H,3,10,13-16H2,(H,23,24). The first-order chi connectivity index (χ1) is 13.8. The molecule has 144 valence electrons. The second-order valence-corrected chi connectivity index (χ2v) is 6.92. The van der Waals surface area contributed by atoms with Crippen LogP contribution < -0.4 is 5.43 Å². The van der Waals surface area contributed by atoms with E-state index < -0.39 is 0 Å². The van der Waals surface area contributed by atoms with Gasteiger partial charge in [-0.25, -0.2) is 10.4 Å². The van der Waals surface area contributed by atoms with E-state index >= 15 is 0 Å². The number of amides is 1. The van der Waals surface area contributed by atoms with E-state index in [0.717, 1.165) is 49.7 Å². The number of rotatable bonds is 7. The Morgan fingerprint density at radius 1 is 1.04 bits per heavy atom. The molecule has 28 heavy (non-hydrogen) atoms. The largest absolute Gasteiger partial charge is 0.348 e. The molecular weight excluding hydrogens is 352 g/mol. The van der Waals surface area contributed by atoms with Crippen LogP contribution in [-0.4, -0.2) is 43.9 Å². The molecule has 3 heterocycles. The third-order valence-corrected chi connectivity index (χ3v) is 4.75. The Hall–Kier alpha value is -3.03. The summed E-state index contributed by atoms with van der Waals surface area (Å²) < 4.78 is 0. The van der Waals surface area contributed by atoms with Gasteiger partial charge < -0.3 is 4.98 Å². The van der Waals surface area contributed by atoms with E-state index in [2.05, 4.69) is 25.3 Å². The summed E-state index contributed by atoms with van der Waals surface area (Å²) in [5, 5.41) is 1.69. The maximum Gasteiger partial charge on any atom is 0.267 e. The Morgan fingerprint density at radius 3 is 2.61 bits per heavy atom. The van der Waals surface area contributed by atoms with Gasteiger partial charge in [0.2, 0.25) is 0 Å². The number of imidazole rings is 1. The van der Waals surface area contributed by atoms with E-state index in [1.807, 2.05) is 54.9 Å². The Balaban J connectivity index is 1.45. The molecule has 0 bridgehead atoms. The molecular formula is C21H24N6O. The Kier molecular flexibility index (Phi) is 5.75. The summed E-state index contributed by atoms with van der Waals surface area (Å²) in [6.45, 7) is 3.79. The van der Waals surface area contributed by atoms with Crippen molar-refractivity contribution in [2.45, 2.75) is 26.1 Å². The fraction of sp³-hybridized carbons (Fsp3) is 0.286. The van der Waals surface area contributed by atoms with Gasteiger partial charge >= 0.3 is 0 Å². The van der Waals surface area contributed by atoms with Crippen molar-refractivity contribution in [1.82, 2.24) is 30.3 Å². The van der Waals surface area contributed by atoms with Gasteiger partial charge in [-0.15, -0.1) is 0 Å². The number of aromatic nitrogens is 3. The summed E-state index contributed by atoms with van der Waals surface area (Å²) in [7, 11) is 0.